The molecule has 1 unspecified atom stereocenters. The van der Waals surface area contributed by atoms with Gasteiger partial charge in [-0.1, -0.05) is 17.7 Å². The minimum absolute atomic E-state index is 0.218. The van der Waals surface area contributed by atoms with Crippen LogP contribution in [-0.4, -0.2) is 33.9 Å². The first kappa shape index (κ1) is 15.3. The van der Waals surface area contributed by atoms with Crippen LogP contribution >= 0.6 is 11.6 Å². The molecule has 5 nitrogen and oxygen atoms in total. The van der Waals surface area contributed by atoms with Crippen molar-refractivity contribution in [2.24, 2.45) is 7.05 Å². The molecule has 2 heterocycles. The summed E-state index contributed by atoms with van der Waals surface area (Å²) in [6.45, 7) is 4.24. The van der Waals surface area contributed by atoms with Gasteiger partial charge in [0.1, 0.15) is 12.2 Å². The molecule has 0 amide bonds. The summed E-state index contributed by atoms with van der Waals surface area (Å²) in [7, 11) is 1.93. The molecule has 1 saturated heterocycles. The minimum Gasteiger partial charge on any atom is -0.371 e. The lowest BCUT2D eigenvalue weighted by atomic mass is 10.0. The molecule has 6 heteroatoms. The molecule has 1 atom stereocenters. The van der Waals surface area contributed by atoms with E-state index in [2.05, 4.69) is 33.3 Å². The summed E-state index contributed by atoms with van der Waals surface area (Å²) in [5.74, 6) is 0.984. The van der Waals surface area contributed by atoms with Crippen LogP contribution in [0.15, 0.2) is 30.6 Å². The molecule has 1 N–H and O–H groups in total. The smallest absolute Gasteiger partial charge is 0.143 e. The van der Waals surface area contributed by atoms with Crippen molar-refractivity contribution in [2.75, 3.05) is 18.0 Å². The molecule has 1 fully saturated rings. The number of nitrogens with one attached hydrogen (secondary N) is 1. The monoisotopic (exact) mass is 319 g/mol. The third kappa shape index (κ3) is 3.42. The van der Waals surface area contributed by atoms with Gasteiger partial charge in [0.15, 0.2) is 0 Å². The van der Waals surface area contributed by atoms with E-state index in [9.17, 15) is 0 Å². The van der Waals surface area contributed by atoms with Gasteiger partial charge < -0.3 is 10.2 Å². The number of hydrogen-bond donors (Lipinski definition) is 1. The van der Waals surface area contributed by atoms with Gasteiger partial charge in [0.2, 0.25) is 0 Å². The highest BCUT2D eigenvalue weighted by Crippen LogP contribution is 2.24. The number of rotatable bonds is 4. The van der Waals surface area contributed by atoms with Crippen molar-refractivity contribution in [1.29, 1.82) is 0 Å². The van der Waals surface area contributed by atoms with Gasteiger partial charge in [-0.2, -0.15) is 5.10 Å². The van der Waals surface area contributed by atoms with E-state index < -0.39 is 0 Å². The van der Waals surface area contributed by atoms with E-state index in [-0.39, 0.29) is 6.04 Å². The van der Waals surface area contributed by atoms with E-state index in [0.29, 0.717) is 6.04 Å². The van der Waals surface area contributed by atoms with E-state index in [1.807, 2.05) is 29.9 Å². The zero-order valence-electron chi connectivity index (χ0n) is 13.0. The summed E-state index contributed by atoms with van der Waals surface area (Å²) in [5, 5.41) is 8.60. The van der Waals surface area contributed by atoms with Gasteiger partial charge in [0.05, 0.1) is 6.04 Å². The number of benzene rings is 1. The van der Waals surface area contributed by atoms with Crippen molar-refractivity contribution in [3.05, 3.63) is 41.4 Å². The van der Waals surface area contributed by atoms with Crippen LogP contribution in [0.1, 0.15) is 31.6 Å². The molecule has 1 aliphatic rings. The molecule has 0 radical (unpaired) electrons. The van der Waals surface area contributed by atoms with E-state index in [1.54, 1.807) is 6.33 Å². The maximum Gasteiger partial charge on any atom is 0.143 e. The van der Waals surface area contributed by atoms with Crippen molar-refractivity contribution in [3.63, 3.8) is 0 Å². The Balaban J connectivity index is 1.55. The van der Waals surface area contributed by atoms with Gasteiger partial charge in [-0.3, -0.25) is 4.68 Å². The molecule has 0 spiro atoms. The SMILES string of the molecule is CC(NC1CCN(c2cccc(Cl)c2)CC1)c1ncnn1C. The molecule has 0 aliphatic carbocycles. The predicted octanol–water partition coefficient (Wildman–Crippen LogP) is 2.79. The molecule has 1 aliphatic heterocycles. The Morgan fingerprint density at radius 1 is 1.32 bits per heavy atom. The lowest BCUT2D eigenvalue weighted by Gasteiger charge is -2.35. The maximum atomic E-state index is 6.08. The Morgan fingerprint density at radius 3 is 2.73 bits per heavy atom. The molecule has 3 rings (SSSR count). The standard InChI is InChI=1S/C16H22ClN5/c1-12(16-18-11-19-21(16)2)20-14-6-8-22(9-7-14)15-5-3-4-13(17)10-15/h3-5,10-12,14,20H,6-9H2,1-2H3. The number of hydrogen-bond acceptors (Lipinski definition) is 4. The third-order valence-electron chi connectivity index (χ3n) is 4.29. The van der Waals surface area contributed by atoms with Gasteiger partial charge in [-0.15, -0.1) is 0 Å². The number of anilines is 1. The van der Waals surface area contributed by atoms with E-state index in [1.165, 1.54) is 5.69 Å². The number of aryl methyl sites for hydroxylation is 1. The summed E-state index contributed by atoms with van der Waals surface area (Å²) >= 11 is 6.08. The molecule has 1 aromatic carbocycles. The predicted molar refractivity (Wildman–Crippen MR) is 89.2 cm³/mol. The second-order valence-electron chi connectivity index (χ2n) is 5.87. The van der Waals surface area contributed by atoms with Crippen LogP contribution in [0.25, 0.3) is 0 Å². The van der Waals surface area contributed by atoms with Crippen molar-refractivity contribution < 1.29 is 0 Å². The molecular weight excluding hydrogens is 298 g/mol. The topological polar surface area (TPSA) is 46.0 Å². The largest absolute Gasteiger partial charge is 0.371 e. The zero-order valence-corrected chi connectivity index (χ0v) is 13.8. The number of nitrogens with zero attached hydrogens (tertiary/aromatic N) is 4. The van der Waals surface area contributed by atoms with Gasteiger partial charge >= 0.3 is 0 Å². The fourth-order valence-electron chi connectivity index (χ4n) is 3.10. The highest BCUT2D eigenvalue weighted by molar-refractivity contribution is 6.30. The van der Waals surface area contributed by atoms with Gasteiger partial charge in [0.25, 0.3) is 0 Å². The summed E-state index contributed by atoms with van der Waals surface area (Å²) in [6, 6.07) is 8.83. The van der Waals surface area contributed by atoms with Gasteiger partial charge in [-0.05, 0) is 38.0 Å². The third-order valence-corrected chi connectivity index (χ3v) is 4.52. The maximum absolute atomic E-state index is 6.08. The van der Waals surface area contributed by atoms with Crippen molar-refractivity contribution >= 4 is 17.3 Å². The average molecular weight is 320 g/mol. The first-order valence-electron chi connectivity index (χ1n) is 7.74. The van der Waals surface area contributed by atoms with Crippen molar-refractivity contribution in [1.82, 2.24) is 20.1 Å². The highest BCUT2D eigenvalue weighted by Gasteiger charge is 2.22. The van der Waals surface area contributed by atoms with Crippen LogP contribution in [0.3, 0.4) is 0 Å². The summed E-state index contributed by atoms with van der Waals surface area (Å²) < 4.78 is 1.83. The molecule has 22 heavy (non-hydrogen) atoms. The lowest BCUT2D eigenvalue weighted by Crippen LogP contribution is -2.43. The molecule has 118 valence electrons. The second-order valence-corrected chi connectivity index (χ2v) is 6.31. The van der Waals surface area contributed by atoms with Crippen molar-refractivity contribution in [2.45, 2.75) is 31.8 Å². The van der Waals surface area contributed by atoms with E-state index in [0.717, 1.165) is 36.8 Å². The van der Waals surface area contributed by atoms with Gasteiger partial charge in [-0.25, -0.2) is 4.98 Å². The van der Waals surface area contributed by atoms with Crippen LogP contribution in [0.5, 0.6) is 0 Å². The van der Waals surface area contributed by atoms with Crippen LogP contribution in [0, 0.1) is 0 Å². The Kier molecular flexibility index (Phi) is 4.64. The number of aromatic nitrogens is 3. The van der Waals surface area contributed by atoms with E-state index >= 15 is 0 Å². The van der Waals surface area contributed by atoms with Crippen LogP contribution in [-0.2, 0) is 7.05 Å². The quantitative estimate of drug-likeness (QED) is 0.941. The summed E-state index contributed by atoms with van der Waals surface area (Å²) in [5.41, 5.74) is 1.22. The molecule has 2 aromatic rings. The minimum atomic E-state index is 0.218. The van der Waals surface area contributed by atoms with Crippen LogP contribution < -0.4 is 10.2 Å². The lowest BCUT2D eigenvalue weighted by molar-refractivity contribution is 0.368. The normalized spacial score (nSPS) is 17.7. The van der Waals surface area contributed by atoms with Crippen molar-refractivity contribution in [3.8, 4) is 0 Å². The van der Waals surface area contributed by atoms with Crippen LogP contribution in [0.2, 0.25) is 5.02 Å². The van der Waals surface area contributed by atoms with E-state index in [4.69, 9.17) is 11.6 Å². The summed E-state index contributed by atoms with van der Waals surface area (Å²) in [4.78, 5) is 6.72. The van der Waals surface area contributed by atoms with Crippen LogP contribution in [0.4, 0.5) is 5.69 Å². The fourth-order valence-corrected chi connectivity index (χ4v) is 3.29. The first-order valence-corrected chi connectivity index (χ1v) is 8.12. The summed E-state index contributed by atoms with van der Waals surface area (Å²) in [6.07, 6.45) is 3.85. The Hall–Kier alpha value is -1.59. The number of piperidine rings is 1. The number of halogens is 1. The Labute approximate surface area is 136 Å². The van der Waals surface area contributed by atoms with Gasteiger partial charge in [0, 0.05) is 36.9 Å². The average Bonchev–Trinajstić information content (AvgIpc) is 2.94. The Bertz CT molecular complexity index is 619. The second kappa shape index (κ2) is 6.67. The fraction of sp³-hybridized carbons (Fsp3) is 0.500. The highest BCUT2D eigenvalue weighted by atomic mass is 35.5. The first-order chi connectivity index (χ1) is 10.6. The zero-order chi connectivity index (χ0) is 15.5. The molecule has 0 bridgehead atoms. The molecule has 1 aromatic heterocycles. The Morgan fingerprint density at radius 2 is 2.09 bits per heavy atom. The molecular formula is C16H22ClN5. The molecule has 0 saturated carbocycles.